The first-order valence-corrected chi connectivity index (χ1v) is 3.06. The van der Waals surface area contributed by atoms with Crippen molar-refractivity contribution in [3.63, 3.8) is 0 Å². The van der Waals surface area contributed by atoms with Gasteiger partial charge >= 0.3 is 0 Å². The fourth-order valence-electron chi connectivity index (χ4n) is 0.470. The summed E-state index contributed by atoms with van der Waals surface area (Å²) in [6.07, 6.45) is 0. The molecule has 0 amide bonds. The Labute approximate surface area is 68.3 Å². The van der Waals surface area contributed by atoms with Crippen LogP contribution < -0.4 is 6.15 Å². The molecule has 1 aromatic carbocycles. The Kier molecular flexibility index (Phi) is 3.64. The molecule has 0 saturated heterocycles. The topological polar surface area (TPSA) is 35.0 Å². The van der Waals surface area contributed by atoms with E-state index in [4.69, 9.17) is 23.2 Å². The summed E-state index contributed by atoms with van der Waals surface area (Å²) in [6.45, 7) is 0. The van der Waals surface area contributed by atoms with Crippen LogP contribution in [0.15, 0.2) is 18.2 Å². The third-order valence-electron chi connectivity index (χ3n) is 0.882. The van der Waals surface area contributed by atoms with Crippen LogP contribution >= 0.6 is 23.2 Å². The molecule has 0 spiro atoms. The molecule has 56 valence electrons. The molecule has 3 N–H and O–H groups in total. The van der Waals surface area contributed by atoms with Gasteiger partial charge in [-0.05, 0) is 18.2 Å². The zero-order chi connectivity index (χ0) is 6.85. The normalized spacial score (nSPS) is 8.70. The van der Waals surface area contributed by atoms with E-state index in [2.05, 4.69) is 0 Å². The van der Waals surface area contributed by atoms with Gasteiger partial charge < -0.3 is 6.15 Å². The average Bonchev–Trinajstić information content (AvgIpc) is 1.80. The first-order chi connectivity index (χ1) is 4.20. The molecule has 0 unspecified atom stereocenters. The monoisotopic (exact) mass is 181 g/mol. The SMILES string of the molecule is Fc1ccc(Cl)cc1Cl.N. The molecular weight excluding hydrogens is 176 g/mol. The number of hydrogen-bond donors (Lipinski definition) is 1. The first kappa shape index (κ1) is 9.69. The van der Waals surface area contributed by atoms with Gasteiger partial charge in [0.2, 0.25) is 0 Å². The maximum Gasteiger partial charge on any atom is 0.141 e. The Bertz CT molecular complexity index is 227. The number of halogens is 3. The average molecular weight is 182 g/mol. The van der Waals surface area contributed by atoms with Crippen LogP contribution in [0.4, 0.5) is 4.39 Å². The predicted molar refractivity (Wildman–Crippen MR) is 41.4 cm³/mol. The van der Waals surface area contributed by atoms with Crippen LogP contribution in [0.1, 0.15) is 0 Å². The van der Waals surface area contributed by atoms with Crippen molar-refractivity contribution in [3.05, 3.63) is 34.1 Å². The van der Waals surface area contributed by atoms with Crippen molar-refractivity contribution in [1.29, 1.82) is 0 Å². The highest BCUT2D eigenvalue weighted by Gasteiger charge is 1.96. The second kappa shape index (κ2) is 3.76. The number of hydrogen-bond acceptors (Lipinski definition) is 1. The zero-order valence-corrected chi connectivity index (χ0v) is 6.58. The van der Waals surface area contributed by atoms with Crippen molar-refractivity contribution >= 4 is 23.2 Å². The summed E-state index contributed by atoms with van der Waals surface area (Å²) in [6, 6.07) is 4.03. The first-order valence-electron chi connectivity index (χ1n) is 2.30. The summed E-state index contributed by atoms with van der Waals surface area (Å²) >= 11 is 10.8. The van der Waals surface area contributed by atoms with Crippen LogP contribution in [0.2, 0.25) is 10.0 Å². The van der Waals surface area contributed by atoms with E-state index >= 15 is 0 Å². The smallest absolute Gasteiger partial charge is 0.141 e. The molecule has 1 rings (SSSR count). The molecule has 1 nitrogen and oxygen atoms in total. The van der Waals surface area contributed by atoms with E-state index in [0.29, 0.717) is 5.02 Å². The minimum atomic E-state index is -0.443. The Morgan fingerprint density at radius 2 is 1.80 bits per heavy atom. The lowest BCUT2D eigenvalue weighted by molar-refractivity contribution is 0.628. The fraction of sp³-hybridized carbons (Fsp3) is 0. The van der Waals surface area contributed by atoms with Crippen molar-refractivity contribution in [1.82, 2.24) is 6.15 Å². The molecule has 0 aromatic heterocycles. The largest absolute Gasteiger partial charge is 0.344 e. The van der Waals surface area contributed by atoms with Crippen LogP contribution in [0.25, 0.3) is 0 Å². The lowest BCUT2D eigenvalue weighted by Gasteiger charge is -1.91. The van der Waals surface area contributed by atoms with Crippen molar-refractivity contribution in [2.24, 2.45) is 0 Å². The van der Waals surface area contributed by atoms with Crippen molar-refractivity contribution in [3.8, 4) is 0 Å². The quantitative estimate of drug-likeness (QED) is 0.613. The van der Waals surface area contributed by atoms with Gasteiger partial charge in [-0.1, -0.05) is 23.2 Å². The maximum absolute atomic E-state index is 12.3. The second-order valence-corrected chi connectivity index (χ2v) is 2.40. The van der Waals surface area contributed by atoms with E-state index in [-0.39, 0.29) is 11.2 Å². The highest BCUT2D eigenvalue weighted by Crippen LogP contribution is 2.18. The van der Waals surface area contributed by atoms with E-state index in [1.165, 1.54) is 18.2 Å². The highest BCUT2D eigenvalue weighted by molar-refractivity contribution is 6.34. The lowest BCUT2D eigenvalue weighted by Crippen LogP contribution is -1.73. The molecule has 0 heterocycles. The number of benzene rings is 1. The molecule has 0 aliphatic rings. The van der Waals surface area contributed by atoms with Gasteiger partial charge in [-0.2, -0.15) is 0 Å². The fourth-order valence-corrected chi connectivity index (χ4v) is 0.879. The van der Waals surface area contributed by atoms with Gasteiger partial charge in [0.1, 0.15) is 5.82 Å². The molecule has 0 aliphatic carbocycles. The van der Waals surface area contributed by atoms with Gasteiger partial charge in [0.25, 0.3) is 0 Å². The molecule has 0 fully saturated rings. The molecule has 10 heavy (non-hydrogen) atoms. The Balaban J connectivity index is 0.000000810. The van der Waals surface area contributed by atoms with Crippen LogP contribution in [0.5, 0.6) is 0 Å². The molecule has 0 atom stereocenters. The molecule has 0 bridgehead atoms. The van der Waals surface area contributed by atoms with E-state index in [1.807, 2.05) is 0 Å². The van der Waals surface area contributed by atoms with Gasteiger partial charge in [-0.15, -0.1) is 0 Å². The minimum absolute atomic E-state index is 0. The van der Waals surface area contributed by atoms with Gasteiger partial charge in [0, 0.05) is 5.02 Å². The maximum atomic E-state index is 12.3. The molecule has 1 aromatic rings. The predicted octanol–water partition coefficient (Wildman–Crippen LogP) is 3.29. The Hall–Kier alpha value is -0.310. The van der Waals surface area contributed by atoms with E-state index in [9.17, 15) is 4.39 Å². The highest BCUT2D eigenvalue weighted by atomic mass is 35.5. The van der Waals surface area contributed by atoms with Gasteiger partial charge in [0.05, 0.1) is 5.02 Å². The lowest BCUT2D eigenvalue weighted by atomic mass is 10.3. The van der Waals surface area contributed by atoms with Crippen LogP contribution in [0.3, 0.4) is 0 Å². The van der Waals surface area contributed by atoms with Crippen molar-refractivity contribution < 1.29 is 4.39 Å². The third kappa shape index (κ3) is 2.14. The summed E-state index contributed by atoms with van der Waals surface area (Å²) in [5, 5.41) is 0.504. The summed E-state index contributed by atoms with van der Waals surface area (Å²) in [5.41, 5.74) is 0. The van der Waals surface area contributed by atoms with Crippen LogP contribution in [-0.2, 0) is 0 Å². The van der Waals surface area contributed by atoms with Gasteiger partial charge in [0.15, 0.2) is 0 Å². The summed E-state index contributed by atoms with van der Waals surface area (Å²) in [5.74, 6) is -0.443. The molecule has 0 aliphatic heterocycles. The van der Waals surface area contributed by atoms with E-state index < -0.39 is 5.82 Å². The van der Waals surface area contributed by atoms with Crippen LogP contribution in [0, 0.1) is 5.82 Å². The molecule has 4 heteroatoms. The second-order valence-electron chi connectivity index (χ2n) is 1.56. The van der Waals surface area contributed by atoms with E-state index in [1.54, 1.807) is 0 Å². The summed E-state index contributed by atoms with van der Waals surface area (Å²) in [7, 11) is 0. The van der Waals surface area contributed by atoms with Gasteiger partial charge in [-0.3, -0.25) is 0 Å². The summed E-state index contributed by atoms with van der Waals surface area (Å²) in [4.78, 5) is 0. The Morgan fingerprint density at radius 3 is 2.20 bits per heavy atom. The minimum Gasteiger partial charge on any atom is -0.344 e. The zero-order valence-electron chi connectivity index (χ0n) is 5.07. The van der Waals surface area contributed by atoms with Crippen LogP contribution in [-0.4, -0.2) is 0 Å². The standard InChI is InChI=1S/C6H3Cl2F.H3N/c7-4-1-2-6(9)5(8)3-4;/h1-3H;1H3. The van der Waals surface area contributed by atoms with Gasteiger partial charge in [-0.25, -0.2) is 4.39 Å². The van der Waals surface area contributed by atoms with Crippen molar-refractivity contribution in [2.75, 3.05) is 0 Å². The number of rotatable bonds is 0. The molecule has 0 radical (unpaired) electrons. The Morgan fingerprint density at radius 1 is 1.20 bits per heavy atom. The molecule has 0 saturated carbocycles. The molecular formula is C6H6Cl2FN. The third-order valence-corrected chi connectivity index (χ3v) is 1.41. The van der Waals surface area contributed by atoms with E-state index in [0.717, 1.165) is 0 Å². The van der Waals surface area contributed by atoms with Crippen molar-refractivity contribution in [2.45, 2.75) is 0 Å². The summed E-state index contributed by atoms with van der Waals surface area (Å²) < 4.78 is 12.3.